The van der Waals surface area contributed by atoms with E-state index in [4.69, 9.17) is 0 Å². The molecule has 1 amide bonds. The molecule has 1 saturated carbocycles. The maximum absolute atomic E-state index is 12.4. The van der Waals surface area contributed by atoms with Crippen molar-refractivity contribution in [1.29, 1.82) is 0 Å². The molecule has 1 fully saturated rings. The monoisotopic (exact) mass is 372 g/mol. The topological polar surface area (TPSA) is 59.8 Å². The average molecular weight is 373 g/mol. The molecule has 3 rings (SSSR count). The van der Waals surface area contributed by atoms with Crippen LogP contribution in [0.4, 0.5) is 0 Å². The summed E-state index contributed by atoms with van der Waals surface area (Å²) in [7, 11) is 1.96. The number of thioether (sulfide) groups is 1. The first kappa shape index (κ1) is 19.0. The predicted molar refractivity (Wildman–Crippen MR) is 106 cm³/mol. The minimum atomic E-state index is -0.189. The predicted octanol–water partition coefficient (Wildman–Crippen LogP) is 3.97. The lowest BCUT2D eigenvalue weighted by Gasteiger charge is -2.22. The van der Waals surface area contributed by atoms with Gasteiger partial charge in [-0.1, -0.05) is 55.3 Å². The molecule has 26 heavy (non-hydrogen) atoms. The number of carbonyl (C=O) groups excluding carboxylic acids is 1. The van der Waals surface area contributed by atoms with Crippen LogP contribution in [0, 0.1) is 12.8 Å². The fourth-order valence-corrected chi connectivity index (χ4v) is 4.31. The zero-order chi connectivity index (χ0) is 18.5. The van der Waals surface area contributed by atoms with Crippen LogP contribution in [0.2, 0.25) is 0 Å². The minimum Gasteiger partial charge on any atom is -0.355 e. The maximum Gasteiger partial charge on any atom is 0.233 e. The fraction of sp³-hybridized carbons (Fsp3) is 0.550. The Morgan fingerprint density at radius 1 is 1.27 bits per heavy atom. The third-order valence-electron chi connectivity index (χ3n) is 5.16. The number of hydrogen-bond acceptors (Lipinski definition) is 4. The second-order valence-electron chi connectivity index (χ2n) is 7.19. The van der Waals surface area contributed by atoms with Gasteiger partial charge in [-0.3, -0.25) is 4.79 Å². The highest BCUT2D eigenvalue weighted by molar-refractivity contribution is 8.00. The van der Waals surface area contributed by atoms with E-state index in [1.165, 1.54) is 43.9 Å². The molecule has 0 spiro atoms. The van der Waals surface area contributed by atoms with Crippen molar-refractivity contribution in [3.8, 4) is 11.4 Å². The van der Waals surface area contributed by atoms with Crippen LogP contribution in [0.5, 0.6) is 0 Å². The van der Waals surface area contributed by atoms with Gasteiger partial charge in [0.15, 0.2) is 11.0 Å². The van der Waals surface area contributed by atoms with Crippen LogP contribution in [0.3, 0.4) is 0 Å². The van der Waals surface area contributed by atoms with E-state index in [-0.39, 0.29) is 11.2 Å². The van der Waals surface area contributed by atoms with Gasteiger partial charge in [-0.25, -0.2) is 0 Å². The van der Waals surface area contributed by atoms with Crippen molar-refractivity contribution in [2.24, 2.45) is 13.0 Å². The van der Waals surface area contributed by atoms with Crippen molar-refractivity contribution in [2.75, 3.05) is 6.54 Å². The molecule has 1 aromatic heterocycles. The van der Waals surface area contributed by atoms with Crippen LogP contribution in [-0.4, -0.2) is 32.5 Å². The van der Waals surface area contributed by atoms with E-state index in [0.29, 0.717) is 5.92 Å². The summed E-state index contributed by atoms with van der Waals surface area (Å²) in [5.74, 6) is 1.56. The lowest BCUT2D eigenvalue weighted by molar-refractivity contribution is -0.120. The number of benzene rings is 1. The Bertz CT molecular complexity index is 752. The van der Waals surface area contributed by atoms with E-state index in [9.17, 15) is 4.79 Å². The molecule has 5 nitrogen and oxygen atoms in total. The second-order valence-corrected chi connectivity index (χ2v) is 8.50. The van der Waals surface area contributed by atoms with Gasteiger partial charge in [-0.05, 0) is 38.2 Å². The van der Waals surface area contributed by atoms with Crippen molar-refractivity contribution in [2.45, 2.75) is 56.4 Å². The lowest BCUT2D eigenvalue weighted by atomic mass is 9.89. The van der Waals surface area contributed by atoms with Gasteiger partial charge in [0.2, 0.25) is 5.91 Å². The van der Waals surface area contributed by atoms with Crippen LogP contribution in [0.1, 0.15) is 44.6 Å². The van der Waals surface area contributed by atoms with Crippen LogP contribution >= 0.6 is 11.8 Å². The molecule has 6 heteroatoms. The van der Waals surface area contributed by atoms with E-state index in [0.717, 1.165) is 28.7 Å². The average Bonchev–Trinajstić information content (AvgIpc) is 3.01. The highest BCUT2D eigenvalue weighted by atomic mass is 32.2. The standard InChI is InChI=1S/C20H28N4OS/c1-14-9-7-8-12-17(14)18-22-23-20(24(18)3)26-15(2)19(25)21-13-16-10-5-4-6-11-16/h7-9,12,15-16H,4-6,10-11,13H2,1-3H3,(H,21,25)/t15-/m0/s1. The number of amides is 1. The molecule has 0 bridgehead atoms. The van der Waals surface area contributed by atoms with Crippen molar-refractivity contribution in [3.63, 3.8) is 0 Å². The Balaban J connectivity index is 1.60. The number of carbonyl (C=O) groups is 1. The van der Waals surface area contributed by atoms with E-state index in [2.05, 4.69) is 28.5 Å². The first-order valence-corrected chi connectivity index (χ1v) is 10.3. The van der Waals surface area contributed by atoms with Crippen LogP contribution in [0.15, 0.2) is 29.4 Å². The Hall–Kier alpha value is -1.82. The molecule has 1 aliphatic rings. The van der Waals surface area contributed by atoms with Gasteiger partial charge in [0.25, 0.3) is 0 Å². The zero-order valence-corrected chi connectivity index (χ0v) is 16.7. The summed E-state index contributed by atoms with van der Waals surface area (Å²) >= 11 is 1.46. The summed E-state index contributed by atoms with van der Waals surface area (Å²) in [4.78, 5) is 12.4. The van der Waals surface area contributed by atoms with Gasteiger partial charge < -0.3 is 9.88 Å². The van der Waals surface area contributed by atoms with Gasteiger partial charge >= 0.3 is 0 Å². The highest BCUT2D eigenvalue weighted by Crippen LogP contribution is 2.27. The van der Waals surface area contributed by atoms with Crippen LogP contribution in [0.25, 0.3) is 11.4 Å². The first-order valence-electron chi connectivity index (χ1n) is 9.46. The lowest BCUT2D eigenvalue weighted by Crippen LogP contribution is -2.35. The van der Waals surface area contributed by atoms with E-state index in [1.807, 2.05) is 36.7 Å². The molecule has 0 saturated heterocycles. The molecule has 1 heterocycles. The van der Waals surface area contributed by atoms with Crippen molar-refractivity contribution < 1.29 is 4.79 Å². The Kier molecular flexibility index (Phi) is 6.35. The van der Waals surface area contributed by atoms with E-state index < -0.39 is 0 Å². The van der Waals surface area contributed by atoms with Gasteiger partial charge in [-0.15, -0.1) is 10.2 Å². The molecule has 1 aliphatic carbocycles. The SMILES string of the molecule is Cc1ccccc1-c1nnc(S[C@@H](C)C(=O)NCC2CCCCC2)n1C. The first-order chi connectivity index (χ1) is 12.6. The molecule has 1 N–H and O–H groups in total. The third kappa shape index (κ3) is 4.47. The largest absolute Gasteiger partial charge is 0.355 e. The molecule has 1 aromatic carbocycles. The summed E-state index contributed by atoms with van der Waals surface area (Å²) in [5, 5.41) is 12.3. The number of aryl methyl sites for hydroxylation is 1. The van der Waals surface area contributed by atoms with Crippen molar-refractivity contribution in [3.05, 3.63) is 29.8 Å². The van der Waals surface area contributed by atoms with Crippen molar-refractivity contribution in [1.82, 2.24) is 20.1 Å². The van der Waals surface area contributed by atoms with Crippen LogP contribution < -0.4 is 5.32 Å². The number of nitrogens with zero attached hydrogens (tertiary/aromatic N) is 3. The van der Waals surface area contributed by atoms with Gasteiger partial charge in [0.05, 0.1) is 5.25 Å². The highest BCUT2D eigenvalue weighted by Gasteiger charge is 2.21. The molecular formula is C20H28N4OS. The quantitative estimate of drug-likeness (QED) is 0.780. The molecule has 0 radical (unpaired) electrons. The van der Waals surface area contributed by atoms with Gasteiger partial charge in [0, 0.05) is 19.2 Å². The van der Waals surface area contributed by atoms with Gasteiger partial charge in [-0.2, -0.15) is 0 Å². The number of nitrogens with one attached hydrogen (secondary N) is 1. The summed E-state index contributed by atoms with van der Waals surface area (Å²) in [6, 6.07) is 8.14. The second kappa shape index (κ2) is 8.71. The zero-order valence-electron chi connectivity index (χ0n) is 15.9. The normalized spacial score (nSPS) is 16.4. The Morgan fingerprint density at radius 3 is 2.73 bits per heavy atom. The summed E-state index contributed by atoms with van der Waals surface area (Å²) in [5.41, 5.74) is 2.24. The van der Waals surface area contributed by atoms with Crippen molar-refractivity contribution >= 4 is 17.7 Å². The van der Waals surface area contributed by atoms with Gasteiger partial charge in [0.1, 0.15) is 0 Å². The molecule has 2 aromatic rings. The number of rotatable bonds is 6. The molecule has 0 aliphatic heterocycles. The smallest absolute Gasteiger partial charge is 0.233 e. The molecule has 0 unspecified atom stereocenters. The molecule has 1 atom stereocenters. The minimum absolute atomic E-state index is 0.0843. The summed E-state index contributed by atoms with van der Waals surface area (Å²) < 4.78 is 1.97. The summed E-state index contributed by atoms with van der Waals surface area (Å²) in [6.07, 6.45) is 6.42. The van der Waals surface area contributed by atoms with Crippen LogP contribution in [-0.2, 0) is 11.8 Å². The third-order valence-corrected chi connectivity index (χ3v) is 6.30. The summed E-state index contributed by atoms with van der Waals surface area (Å²) in [6.45, 7) is 4.80. The number of aromatic nitrogens is 3. The fourth-order valence-electron chi connectivity index (χ4n) is 3.47. The maximum atomic E-state index is 12.4. The van der Waals surface area contributed by atoms with E-state index in [1.54, 1.807) is 0 Å². The Labute approximate surface area is 160 Å². The Morgan fingerprint density at radius 2 is 2.00 bits per heavy atom. The molecule has 140 valence electrons. The molecular weight excluding hydrogens is 344 g/mol. The number of hydrogen-bond donors (Lipinski definition) is 1. The van der Waals surface area contributed by atoms with E-state index >= 15 is 0 Å².